The van der Waals surface area contributed by atoms with Gasteiger partial charge in [0.25, 0.3) is 0 Å². The number of halogens is 1. The van der Waals surface area contributed by atoms with E-state index < -0.39 is 5.67 Å². The third kappa shape index (κ3) is 5.28. The van der Waals surface area contributed by atoms with Gasteiger partial charge < -0.3 is 5.32 Å². The summed E-state index contributed by atoms with van der Waals surface area (Å²) in [7, 11) is 0. The molecule has 0 bridgehead atoms. The number of hydrogen-bond acceptors (Lipinski definition) is 3. The molecule has 0 aromatic heterocycles. The summed E-state index contributed by atoms with van der Waals surface area (Å²) >= 11 is 0. The van der Waals surface area contributed by atoms with E-state index >= 15 is 0 Å². The number of Topliss-reactive ketones (excluding diaryl/α,β-unsaturated/α-hetero) is 2. The minimum absolute atomic E-state index is 0.0432. The highest BCUT2D eigenvalue weighted by atomic mass is 19.1. The van der Waals surface area contributed by atoms with E-state index in [0.29, 0.717) is 56.9 Å². The van der Waals surface area contributed by atoms with Gasteiger partial charge in [0.1, 0.15) is 17.2 Å². The molecule has 0 radical (unpaired) electrons. The summed E-state index contributed by atoms with van der Waals surface area (Å²) in [5.74, 6) is 2.18. The number of hydrogen-bond donors (Lipinski definition) is 1. The van der Waals surface area contributed by atoms with E-state index in [9.17, 15) is 14.0 Å². The number of carbonyl (C=O) groups is 2. The molecule has 3 aliphatic carbocycles. The Morgan fingerprint density at radius 3 is 2.44 bits per heavy atom. The van der Waals surface area contributed by atoms with Gasteiger partial charge in [-0.05, 0) is 50.4 Å². The molecular weight excluding hydrogens is 341 g/mol. The number of allylic oxidation sites excluding steroid dienone is 1. The molecule has 0 aromatic carbocycles. The van der Waals surface area contributed by atoms with E-state index in [1.807, 2.05) is 0 Å². The molecule has 0 aliphatic heterocycles. The molecule has 1 N–H and O–H groups in total. The fourth-order valence-corrected chi connectivity index (χ4v) is 5.71. The minimum Gasteiger partial charge on any atom is -0.310 e. The molecule has 3 nitrogen and oxygen atoms in total. The van der Waals surface area contributed by atoms with Crippen LogP contribution in [0.4, 0.5) is 4.39 Å². The Kier molecular flexibility index (Phi) is 7.24. The van der Waals surface area contributed by atoms with Crippen molar-refractivity contribution in [3.63, 3.8) is 0 Å². The summed E-state index contributed by atoms with van der Waals surface area (Å²) in [6, 6.07) is 0. The number of rotatable bonds is 8. The van der Waals surface area contributed by atoms with E-state index in [2.05, 4.69) is 11.9 Å². The number of carbonyl (C=O) groups excluding carboxylic acids is 2. The minimum atomic E-state index is -1.28. The Bertz CT molecular complexity index is 536. The van der Waals surface area contributed by atoms with Crippen LogP contribution in [0.25, 0.3) is 0 Å². The van der Waals surface area contributed by atoms with Crippen LogP contribution in [0.2, 0.25) is 0 Å². The first-order valence-electron chi connectivity index (χ1n) is 11.1. The third-order valence-electron chi connectivity index (χ3n) is 7.47. The lowest BCUT2D eigenvalue weighted by Gasteiger charge is -2.40. The lowest BCUT2D eigenvalue weighted by atomic mass is 9.64. The first kappa shape index (κ1) is 20.7. The van der Waals surface area contributed by atoms with Crippen molar-refractivity contribution in [2.24, 2.45) is 23.7 Å². The van der Waals surface area contributed by atoms with E-state index in [0.717, 1.165) is 12.3 Å². The lowest BCUT2D eigenvalue weighted by Crippen LogP contribution is -2.38. The van der Waals surface area contributed by atoms with Gasteiger partial charge in [0.15, 0.2) is 0 Å². The van der Waals surface area contributed by atoms with Crippen LogP contribution in [0, 0.1) is 23.7 Å². The molecule has 3 aliphatic rings. The summed E-state index contributed by atoms with van der Waals surface area (Å²) in [6.45, 7) is 4.46. The maximum Gasteiger partial charge on any atom is 0.149 e. The van der Waals surface area contributed by atoms with Crippen LogP contribution in [0.15, 0.2) is 12.7 Å². The van der Waals surface area contributed by atoms with Crippen molar-refractivity contribution in [1.82, 2.24) is 5.32 Å². The average molecular weight is 378 g/mol. The Morgan fingerprint density at radius 1 is 1.00 bits per heavy atom. The van der Waals surface area contributed by atoms with Gasteiger partial charge in [0, 0.05) is 24.8 Å². The predicted molar refractivity (Wildman–Crippen MR) is 106 cm³/mol. The van der Waals surface area contributed by atoms with Crippen LogP contribution < -0.4 is 5.32 Å². The zero-order valence-electron chi connectivity index (χ0n) is 16.7. The van der Waals surface area contributed by atoms with Gasteiger partial charge in [-0.1, -0.05) is 44.8 Å². The second-order valence-electron chi connectivity index (χ2n) is 9.12. The van der Waals surface area contributed by atoms with Gasteiger partial charge in [0.05, 0.1) is 6.54 Å². The summed E-state index contributed by atoms with van der Waals surface area (Å²) in [6.07, 6.45) is 12.7. The highest BCUT2D eigenvalue weighted by molar-refractivity contribution is 5.83. The third-order valence-corrected chi connectivity index (χ3v) is 7.47. The van der Waals surface area contributed by atoms with E-state index in [1.165, 1.54) is 44.6 Å². The molecule has 3 atom stereocenters. The van der Waals surface area contributed by atoms with Crippen LogP contribution in [0.3, 0.4) is 0 Å². The van der Waals surface area contributed by atoms with Crippen molar-refractivity contribution in [2.45, 2.75) is 82.7 Å². The molecule has 4 heteroatoms. The molecule has 3 fully saturated rings. The number of ketones is 2. The quantitative estimate of drug-likeness (QED) is 0.488. The maximum absolute atomic E-state index is 14.1. The van der Waals surface area contributed by atoms with Gasteiger partial charge >= 0.3 is 0 Å². The highest BCUT2D eigenvalue weighted by Crippen LogP contribution is 2.44. The summed E-state index contributed by atoms with van der Waals surface area (Å²) in [5.41, 5.74) is -1.28. The van der Waals surface area contributed by atoms with Crippen molar-refractivity contribution >= 4 is 11.6 Å². The zero-order chi connectivity index (χ0) is 19.3. The molecule has 27 heavy (non-hydrogen) atoms. The second-order valence-corrected chi connectivity index (χ2v) is 9.12. The molecule has 152 valence electrons. The maximum atomic E-state index is 14.1. The predicted octanol–water partition coefficient (Wildman–Crippen LogP) is 4.80. The van der Waals surface area contributed by atoms with Gasteiger partial charge in [-0.25, -0.2) is 4.39 Å². The van der Waals surface area contributed by atoms with E-state index in [4.69, 9.17) is 0 Å². The molecule has 3 saturated carbocycles. The highest BCUT2D eigenvalue weighted by Gasteiger charge is 2.38. The van der Waals surface area contributed by atoms with E-state index in [1.54, 1.807) is 0 Å². The van der Waals surface area contributed by atoms with Crippen LogP contribution in [0.5, 0.6) is 0 Å². The topological polar surface area (TPSA) is 46.2 Å². The van der Waals surface area contributed by atoms with Crippen molar-refractivity contribution in [2.75, 3.05) is 13.1 Å². The molecule has 0 saturated heterocycles. The van der Waals surface area contributed by atoms with Gasteiger partial charge in [0.2, 0.25) is 0 Å². The molecule has 3 rings (SSSR count). The van der Waals surface area contributed by atoms with Crippen molar-refractivity contribution in [3.8, 4) is 0 Å². The SMILES string of the molecule is C=CC1(F)CCC(C(=O)CNCCC(=O)C2CCCC3CCCCC32)CC1. The standard InChI is InChI=1S/C23H36FNO2/c1-2-23(24)13-10-18(11-14-23)22(27)16-25-15-12-21(26)20-9-5-7-17-6-3-4-8-19(17)20/h2,17-20,25H,1,3-16H2. The van der Waals surface area contributed by atoms with Crippen LogP contribution >= 0.6 is 0 Å². The van der Waals surface area contributed by atoms with Gasteiger partial charge in [-0.15, -0.1) is 0 Å². The second kappa shape index (κ2) is 9.45. The van der Waals surface area contributed by atoms with Crippen molar-refractivity contribution in [3.05, 3.63) is 12.7 Å². The molecule has 0 amide bonds. The fourth-order valence-electron chi connectivity index (χ4n) is 5.71. The molecule has 0 spiro atoms. The monoisotopic (exact) mass is 377 g/mol. The average Bonchev–Trinajstić information content (AvgIpc) is 2.71. The molecular formula is C23H36FNO2. The van der Waals surface area contributed by atoms with E-state index in [-0.39, 0.29) is 17.6 Å². The fraction of sp³-hybridized carbons (Fsp3) is 0.826. The van der Waals surface area contributed by atoms with Gasteiger partial charge in [-0.2, -0.15) is 0 Å². The molecule has 3 unspecified atom stereocenters. The number of fused-ring (bicyclic) bond motifs is 1. The zero-order valence-corrected chi connectivity index (χ0v) is 16.7. The first-order chi connectivity index (χ1) is 13.0. The molecule has 0 aromatic rings. The summed E-state index contributed by atoms with van der Waals surface area (Å²) in [4.78, 5) is 25.1. The van der Waals surface area contributed by atoms with Gasteiger partial charge in [-0.3, -0.25) is 9.59 Å². The molecule has 0 heterocycles. The first-order valence-corrected chi connectivity index (χ1v) is 11.1. The summed E-state index contributed by atoms with van der Waals surface area (Å²) < 4.78 is 14.1. The smallest absolute Gasteiger partial charge is 0.149 e. The summed E-state index contributed by atoms with van der Waals surface area (Å²) in [5, 5.41) is 3.17. The van der Waals surface area contributed by atoms with Crippen LogP contribution in [-0.2, 0) is 9.59 Å². The number of alkyl halides is 1. The number of nitrogens with one attached hydrogen (secondary N) is 1. The lowest BCUT2D eigenvalue weighted by molar-refractivity contribution is -0.128. The Labute approximate surface area is 163 Å². The van der Waals surface area contributed by atoms with Crippen molar-refractivity contribution < 1.29 is 14.0 Å². The van der Waals surface area contributed by atoms with Crippen LogP contribution in [0.1, 0.15) is 77.0 Å². The Hall–Kier alpha value is -1.03. The van der Waals surface area contributed by atoms with Crippen LogP contribution in [-0.4, -0.2) is 30.3 Å². The normalized spacial score (nSPS) is 36.6. The van der Waals surface area contributed by atoms with Crippen molar-refractivity contribution in [1.29, 1.82) is 0 Å². The Morgan fingerprint density at radius 2 is 1.70 bits per heavy atom. The Balaban J connectivity index is 1.35. The largest absolute Gasteiger partial charge is 0.310 e.